The van der Waals surface area contributed by atoms with Gasteiger partial charge in [-0.1, -0.05) is 52.4 Å². The quantitative estimate of drug-likeness (QED) is 0.613. The van der Waals surface area contributed by atoms with E-state index in [2.05, 4.69) is 13.8 Å². The number of methoxy groups -OCH3 is 2. The van der Waals surface area contributed by atoms with Gasteiger partial charge in [-0.25, -0.2) is 0 Å². The van der Waals surface area contributed by atoms with E-state index < -0.39 is 0 Å². The van der Waals surface area contributed by atoms with Crippen LogP contribution < -0.4 is 0 Å². The Kier molecular flexibility index (Phi) is 8.72. The van der Waals surface area contributed by atoms with Crippen molar-refractivity contribution in [2.24, 2.45) is 23.7 Å². The van der Waals surface area contributed by atoms with E-state index in [0.29, 0.717) is 11.8 Å². The molecule has 0 amide bonds. The Morgan fingerprint density at radius 1 is 0.895 bits per heavy atom. The summed E-state index contributed by atoms with van der Waals surface area (Å²) in [5.74, 6) is 3.02. The summed E-state index contributed by atoms with van der Waals surface area (Å²) in [7, 11) is 3.69. The van der Waals surface area contributed by atoms with E-state index in [-0.39, 0.29) is 0 Å². The first kappa shape index (κ1) is 17.0. The zero-order valence-electron chi connectivity index (χ0n) is 13.5. The van der Waals surface area contributed by atoms with Crippen molar-refractivity contribution in [3.63, 3.8) is 0 Å². The number of ether oxygens (including phenoxy) is 2. The molecular weight excluding hydrogens is 236 g/mol. The average Bonchev–Trinajstić information content (AvgIpc) is 2.42. The van der Waals surface area contributed by atoms with E-state index in [0.717, 1.165) is 25.0 Å². The molecule has 2 nitrogen and oxygen atoms in total. The Morgan fingerprint density at radius 2 is 1.53 bits per heavy atom. The van der Waals surface area contributed by atoms with Crippen molar-refractivity contribution in [3.05, 3.63) is 0 Å². The molecule has 0 spiro atoms. The molecule has 1 rings (SSSR count). The highest BCUT2D eigenvalue weighted by atomic mass is 16.5. The lowest BCUT2D eigenvalue weighted by molar-refractivity contribution is 0.0244. The van der Waals surface area contributed by atoms with Crippen molar-refractivity contribution >= 4 is 0 Å². The van der Waals surface area contributed by atoms with Gasteiger partial charge in [-0.05, 0) is 30.1 Å². The fourth-order valence-corrected chi connectivity index (χ4v) is 3.59. The SMILES string of the molecule is COCC(CCC(C)C)C(COC)C1CCCCC1. The summed E-state index contributed by atoms with van der Waals surface area (Å²) >= 11 is 0. The van der Waals surface area contributed by atoms with Gasteiger partial charge in [0.05, 0.1) is 0 Å². The smallest absolute Gasteiger partial charge is 0.0496 e. The third-order valence-corrected chi connectivity index (χ3v) is 4.72. The van der Waals surface area contributed by atoms with E-state index in [4.69, 9.17) is 9.47 Å². The standard InChI is InChI=1S/C17H34O2/c1-14(2)10-11-16(12-18-3)17(13-19-4)15-8-6-5-7-9-15/h14-17H,5-13H2,1-4H3. The Morgan fingerprint density at radius 3 is 2.05 bits per heavy atom. The van der Waals surface area contributed by atoms with Gasteiger partial charge in [0.2, 0.25) is 0 Å². The van der Waals surface area contributed by atoms with E-state index in [1.165, 1.54) is 44.9 Å². The van der Waals surface area contributed by atoms with Gasteiger partial charge < -0.3 is 9.47 Å². The lowest BCUT2D eigenvalue weighted by Gasteiger charge is -2.35. The highest BCUT2D eigenvalue weighted by molar-refractivity contribution is 4.80. The summed E-state index contributed by atoms with van der Waals surface area (Å²) in [5.41, 5.74) is 0. The summed E-state index contributed by atoms with van der Waals surface area (Å²) in [4.78, 5) is 0. The second kappa shape index (κ2) is 9.77. The maximum atomic E-state index is 5.54. The van der Waals surface area contributed by atoms with Gasteiger partial charge in [-0.15, -0.1) is 0 Å². The largest absolute Gasteiger partial charge is 0.384 e. The Hall–Kier alpha value is -0.0800. The molecule has 1 aliphatic rings. The van der Waals surface area contributed by atoms with Crippen LogP contribution in [0.3, 0.4) is 0 Å². The molecule has 2 unspecified atom stereocenters. The van der Waals surface area contributed by atoms with Crippen LogP contribution in [0, 0.1) is 23.7 Å². The minimum Gasteiger partial charge on any atom is -0.384 e. The predicted molar refractivity (Wildman–Crippen MR) is 81.4 cm³/mol. The molecule has 114 valence electrons. The van der Waals surface area contributed by atoms with Crippen LogP contribution in [0.25, 0.3) is 0 Å². The molecule has 19 heavy (non-hydrogen) atoms. The molecular formula is C17H34O2. The van der Waals surface area contributed by atoms with Crippen molar-refractivity contribution in [2.45, 2.75) is 58.8 Å². The molecule has 1 aliphatic carbocycles. The molecule has 2 atom stereocenters. The molecule has 0 saturated heterocycles. The summed E-state index contributed by atoms with van der Waals surface area (Å²) in [5, 5.41) is 0. The van der Waals surface area contributed by atoms with Crippen LogP contribution in [0.4, 0.5) is 0 Å². The van der Waals surface area contributed by atoms with Crippen molar-refractivity contribution in [1.29, 1.82) is 0 Å². The highest BCUT2D eigenvalue weighted by Crippen LogP contribution is 2.36. The van der Waals surface area contributed by atoms with Gasteiger partial charge in [0.25, 0.3) is 0 Å². The van der Waals surface area contributed by atoms with Gasteiger partial charge in [0, 0.05) is 27.4 Å². The minimum absolute atomic E-state index is 0.676. The Balaban J connectivity index is 2.60. The zero-order chi connectivity index (χ0) is 14.1. The van der Waals surface area contributed by atoms with E-state index in [9.17, 15) is 0 Å². The van der Waals surface area contributed by atoms with Gasteiger partial charge in [0.1, 0.15) is 0 Å². The molecule has 0 aromatic heterocycles. The minimum atomic E-state index is 0.676. The summed E-state index contributed by atoms with van der Waals surface area (Å²) in [6, 6.07) is 0. The number of hydrogen-bond acceptors (Lipinski definition) is 2. The maximum Gasteiger partial charge on any atom is 0.0496 e. The summed E-state index contributed by atoms with van der Waals surface area (Å²) in [6.07, 6.45) is 9.64. The van der Waals surface area contributed by atoms with Crippen LogP contribution in [-0.4, -0.2) is 27.4 Å². The fraction of sp³-hybridized carbons (Fsp3) is 1.00. The Labute approximate surface area is 120 Å². The van der Waals surface area contributed by atoms with E-state index >= 15 is 0 Å². The van der Waals surface area contributed by atoms with Gasteiger partial charge in [-0.3, -0.25) is 0 Å². The molecule has 0 radical (unpaired) electrons. The molecule has 1 fully saturated rings. The monoisotopic (exact) mass is 270 g/mol. The van der Waals surface area contributed by atoms with Crippen LogP contribution in [0.15, 0.2) is 0 Å². The predicted octanol–water partition coefficient (Wildman–Crippen LogP) is 4.53. The maximum absolute atomic E-state index is 5.54. The first-order valence-electron chi connectivity index (χ1n) is 8.16. The van der Waals surface area contributed by atoms with Crippen LogP contribution in [0.1, 0.15) is 58.8 Å². The van der Waals surface area contributed by atoms with Crippen LogP contribution in [0.2, 0.25) is 0 Å². The Bertz CT molecular complexity index is 209. The van der Waals surface area contributed by atoms with Crippen molar-refractivity contribution < 1.29 is 9.47 Å². The lowest BCUT2D eigenvalue weighted by Crippen LogP contribution is -2.32. The summed E-state index contributed by atoms with van der Waals surface area (Å²) < 4.78 is 11.0. The zero-order valence-corrected chi connectivity index (χ0v) is 13.5. The third-order valence-electron chi connectivity index (χ3n) is 4.72. The fourth-order valence-electron chi connectivity index (χ4n) is 3.59. The lowest BCUT2D eigenvalue weighted by atomic mass is 9.73. The van der Waals surface area contributed by atoms with Gasteiger partial charge >= 0.3 is 0 Å². The summed E-state index contributed by atoms with van der Waals surface area (Å²) in [6.45, 7) is 6.44. The van der Waals surface area contributed by atoms with E-state index in [1.807, 2.05) is 14.2 Å². The average molecular weight is 270 g/mol. The number of hydrogen-bond donors (Lipinski definition) is 0. The molecule has 0 aliphatic heterocycles. The van der Waals surface area contributed by atoms with Gasteiger partial charge in [0.15, 0.2) is 0 Å². The highest BCUT2D eigenvalue weighted by Gasteiger charge is 2.30. The molecule has 0 aromatic carbocycles. The first-order chi connectivity index (χ1) is 9.19. The number of rotatable bonds is 9. The van der Waals surface area contributed by atoms with Crippen molar-refractivity contribution in [2.75, 3.05) is 27.4 Å². The molecule has 1 saturated carbocycles. The van der Waals surface area contributed by atoms with E-state index in [1.54, 1.807) is 0 Å². The van der Waals surface area contributed by atoms with Crippen LogP contribution in [-0.2, 0) is 9.47 Å². The normalized spacial score (nSPS) is 20.7. The third kappa shape index (κ3) is 6.27. The second-order valence-electron chi connectivity index (χ2n) is 6.70. The molecule has 2 heteroatoms. The van der Waals surface area contributed by atoms with Crippen molar-refractivity contribution in [1.82, 2.24) is 0 Å². The van der Waals surface area contributed by atoms with Gasteiger partial charge in [-0.2, -0.15) is 0 Å². The van der Waals surface area contributed by atoms with Crippen LogP contribution >= 0.6 is 0 Å². The molecule has 0 N–H and O–H groups in total. The molecule has 0 aromatic rings. The van der Waals surface area contributed by atoms with Crippen molar-refractivity contribution in [3.8, 4) is 0 Å². The first-order valence-corrected chi connectivity index (χ1v) is 8.16. The topological polar surface area (TPSA) is 18.5 Å². The van der Waals surface area contributed by atoms with Crippen LogP contribution in [0.5, 0.6) is 0 Å². The molecule has 0 heterocycles. The second-order valence-corrected chi connectivity index (χ2v) is 6.70. The molecule has 0 bridgehead atoms.